The monoisotopic (exact) mass is 305 g/mol. The van der Waals surface area contributed by atoms with Crippen molar-refractivity contribution in [3.63, 3.8) is 0 Å². The van der Waals surface area contributed by atoms with Crippen molar-refractivity contribution in [2.45, 2.75) is 43.2 Å². The van der Waals surface area contributed by atoms with Crippen LogP contribution < -0.4 is 0 Å². The Morgan fingerprint density at radius 3 is 2.41 bits per heavy atom. The van der Waals surface area contributed by atoms with Gasteiger partial charge in [0.05, 0.1) is 0 Å². The van der Waals surface area contributed by atoms with Crippen molar-refractivity contribution in [1.82, 2.24) is 4.90 Å². The third-order valence-corrected chi connectivity index (χ3v) is 7.25. The van der Waals surface area contributed by atoms with Crippen LogP contribution in [0, 0.1) is 0 Å². The third kappa shape index (κ3) is 4.23. The molecule has 5 nitrogen and oxygen atoms in total. The summed E-state index contributed by atoms with van der Waals surface area (Å²) < 4.78 is 5.49. The molecule has 98 valence electrons. The van der Waals surface area contributed by atoms with Crippen molar-refractivity contribution in [3.05, 3.63) is 0 Å². The summed E-state index contributed by atoms with van der Waals surface area (Å²) in [5.41, 5.74) is 1.50. The molecule has 2 atom stereocenters. The number of rotatable bonds is 2. The van der Waals surface area contributed by atoms with Gasteiger partial charge in [0.25, 0.3) is 0 Å². The SMILES string of the molecule is C[As](C(=O)OC(C)(C)C)[C@@H]1CCN(C(=O)O)C1. The molecule has 1 unspecified atom stereocenters. The van der Waals surface area contributed by atoms with Gasteiger partial charge in [0.2, 0.25) is 0 Å². The summed E-state index contributed by atoms with van der Waals surface area (Å²) in [6, 6.07) is 0. The van der Waals surface area contributed by atoms with E-state index in [0.717, 1.165) is 6.42 Å². The molecule has 1 fully saturated rings. The molecule has 1 rings (SSSR count). The van der Waals surface area contributed by atoms with Gasteiger partial charge in [-0.25, -0.2) is 0 Å². The van der Waals surface area contributed by atoms with Crippen molar-refractivity contribution in [2.75, 3.05) is 13.1 Å². The van der Waals surface area contributed by atoms with Crippen LogP contribution in [-0.2, 0) is 4.74 Å². The van der Waals surface area contributed by atoms with E-state index < -0.39 is 26.3 Å². The molecular formula is C11H20AsNO4. The fraction of sp³-hybridized carbons (Fsp3) is 0.818. The number of amides is 1. The summed E-state index contributed by atoms with van der Waals surface area (Å²) >= 11 is -1.77. The fourth-order valence-corrected chi connectivity index (χ4v) is 5.20. The van der Waals surface area contributed by atoms with Gasteiger partial charge in [0, 0.05) is 0 Å². The Bertz CT molecular complexity index is 313. The maximum atomic E-state index is 11.9. The molecule has 1 amide bonds. The van der Waals surface area contributed by atoms with Gasteiger partial charge in [-0.3, -0.25) is 0 Å². The van der Waals surface area contributed by atoms with Crippen LogP contribution >= 0.6 is 0 Å². The summed E-state index contributed by atoms with van der Waals surface area (Å²) in [5.74, 6) is 0. The van der Waals surface area contributed by atoms with Crippen molar-refractivity contribution in [3.8, 4) is 0 Å². The van der Waals surface area contributed by atoms with Crippen LogP contribution in [0.2, 0.25) is 10.4 Å². The van der Waals surface area contributed by atoms with Crippen LogP contribution in [0.15, 0.2) is 0 Å². The molecule has 0 saturated carbocycles. The summed E-state index contributed by atoms with van der Waals surface area (Å²) in [6.07, 6.45) is -0.0960. The molecule has 1 saturated heterocycles. The van der Waals surface area contributed by atoms with Gasteiger partial charge in [-0.2, -0.15) is 0 Å². The zero-order valence-corrected chi connectivity index (χ0v) is 12.6. The van der Waals surface area contributed by atoms with Gasteiger partial charge < -0.3 is 0 Å². The molecule has 0 spiro atoms. The molecule has 0 aromatic rings. The van der Waals surface area contributed by atoms with Gasteiger partial charge in [-0.15, -0.1) is 0 Å². The summed E-state index contributed by atoms with van der Waals surface area (Å²) in [6.45, 7) is 6.59. The van der Waals surface area contributed by atoms with Crippen LogP contribution in [0.1, 0.15) is 27.2 Å². The predicted octanol–water partition coefficient (Wildman–Crippen LogP) is 2.38. The Morgan fingerprint density at radius 2 is 2.00 bits per heavy atom. The Morgan fingerprint density at radius 1 is 1.41 bits per heavy atom. The first-order valence-corrected chi connectivity index (χ1v) is 9.54. The van der Waals surface area contributed by atoms with Gasteiger partial charge >= 0.3 is 106 Å². The molecule has 6 heteroatoms. The molecule has 0 radical (unpaired) electrons. The van der Waals surface area contributed by atoms with Crippen molar-refractivity contribution in [1.29, 1.82) is 0 Å². The molecular weight excluding hydrogens is 285 g/mol. The van der Waals surface area contributed by atoms with E-state index in [1.54, 1.807) is 0 Å². The minimum atomic E-state index is -1.77. The van der Waals surface area contributed by atoms with Crippen molar-refractivity contribution in [2.24, 2.45) is 0 Å². The Kier molecular flexibility index (Phi) is 4.47. The van der Waals surface area contributed by atoms with Gasteiger partial charge in [0.1, 0.15) is 0 Å². The van der Waals surface area contributed by atoms with Crippen molar-refractivity contribution < 1.29 is 19.4 Å². The summed E-state index contributed by atoms with van der Waals surface area (Å²) in [7, 11) is 0. The number of carbonyl (C=O) groups is 2. The Balaban J connectivity index is 2.52. The van der Waals surface area contributed by atoms with Gasteiger partial charge in [-0.1, -0.05) is 0 Å². The van der Waals surface area contributed by atoms with E-state index >= 15 is 0 Å². The van der Waals surface area contributed by atoms with Crippen LogP contribution in [0.4, 0.5) is 9.59 Å². The number of hydrogen-bond acceptors (Lipinski definition) is 3. The average molecular weight is 305 g/mol. The van der Waals surface area contributed by atoms with E-state index in [4.69, 9.17) is 9.84 Å². The molecule has 1 aliphatic heterocycles. The first kappa shape index (κ1) is 14.4. The molecule has 0 aromatic carbocycles. The Hall–Kier alpha value is -0.702. The Labute approximate surface area is 106 Å². The molecule has 0 aromatic heterocycles. The van der Waals surface area contributed by atoms with Gasteiger partial charge in [-0.05, 0) is 0 Å². The number of ether oxygens (including phenoxy) is 1. The number of hydrogen-bond donors (Lipinski definition) is 1. The van der Waals surface area contributed by atoms with E-state index in [2.05, 4.69) is 0 Å². The zero-order chi connectivity index (χ0) is 13.2. The fourth-order valence-electron chi connectivity index (χ4n) is 1.71. The standard InChI is InChI=1S/C11H20AsNO4/c1-11(2,3)17-9(14)12(4)8-5-6-13(7-8)10(15)16/h8H,5-7H2,1-4H3,(H,15,16)/t8-,12?/m1/s1. The molecule has 0 bridgehead atoms. The van der Waals surface area contributed by atoms with Crippen LogP contribution in [0.5, 0.6) is 0 Å². The number of carboxylic acid groups (broad SMARTS) is 1. The number of carbonyl (C=O) groups excluding carboxylic acids is 1. The average Bonchev–Trinajstić information content (AvgIpc) is 2.62. The zero-order valence-electron chi connectivity index (χ0n) is 10.8. The van der Waals surface area contributed by atoms with Gasteiger partial charge in [0.15, 0.2) is 0 Å². The second kappa shape index (κ2) is 5.30. The molecule has 0 aliphatic carbocycles. The topological polar surface area (TPSA) is 66.8 Å². The number of nitrogens with zero attached hydrogens (tertiary/aromatic N) is 1. The van der Waals surface area contributed by atoms with E-state index in [1.165, 1.54) is 4.90 Å². The molecule has 17 heavy (non-hydrogen) atoms. The maximum absolute atomic E-state index is 11.9. The minimum absolute atomic E-state index is 0.0951. The normalized spacial score (nSPS) is 22.4. The second-order valence-corrected chi connectivity index (χ2v) is 10.1. The first-order chi connectivity index (χ1) is 7.70. The van der Waals surface area contributed by atoms with Crippen LogP contribution in [0.3, 0.4) is 0 Å². The quantitative estimate of drug-likeness (QED) is 0.795. The van der Waals surface area contributed by atoms with E-state index in [0.29, 0.717) is 13.1 Å². The molecule has 1 aliphatic rings. The van der Waals surface area contributed by atoms with E-state index in [-0.39, 0.29) is 9.46 Å². The van der Waals surface area contributed by atoms with Crippen molar-refractivity contribution >= 4 is 25.5 Å². The summed E-state index contributed by atoms with van der Waals surface area (Å²) in [4.78, 5) is 24.1. The number of likely N-dealkylation sites (tertiary alicyclic amines) is 1. The molecule has 1 N–H and O–H groups in total. The summed E-state index contributed by atoms with van der Waals surface area (Å²) in [5, 5.41) is 8.86. The molecule has 1 heterocycles. The third-order valence-electron chi connectivity index (χ3n) is 2.66. The first-order valence-electron chi connectivity index (χ1n) is 5.64. The second-order valence-electron chi connectivity index (χ2n) is 5.26. The van der Waals surface area contributed by atoms with E-state index in [9.17, 15) is 9.59 Å². The van der Waals surface area contributed by atoms with E-state index in [1.807, 2.05) is 26.5 Å². The van der Waals surface area contributed by atoms with Crippen LogP contribution in [-0.4, -0.2) is 54.2 Å². The predicted molar refractivity (Wildman–Crippen MR) is 65.8 cm³/mol. The van der Waals surface area contributed by atoms with Crippen LogP contribution in [0.25, 0.3) is 0 Å².